The number of anilines is 2. The molecule has 0 bridgehead atoms. The number of alkyl halides is 2. The van der Waals surface area contributed by atoms with Crippen LogP contribution in [0.15, 0.2) is 30.6 Å². The third-order valence-corrected chi connectivity index (χ3v) is 3.37. The first-order valence-electron chi connectivity index (χ1n) is 7.30. The zero-order valence-corrected chi connectivity index (χ0v) is 13.3. The number of amides is 1. The topological polar surface area (TPSA) is 59.0 Å². The highest BCUT2D eigenvalue weighted by molar-refractivity contribution is 5.96. The molecule has 1 amide bonds. The van der Waals surface area contributed by atoms with Crippen LogP contribution < -0.4 is 10.6 Å². The van der Waals surface area contributed by atoms with E-state index in [-0.39, 0.29) is 5.91 Å². The molecule has 124 valence electrons. The van der Waals surface area contributed by atoms with Crippen molar-refractivity contribution in [2.75, 3.05) is 10.6 Å². The average molecular weight is 322 g/mol. The van der Waals surface area contributed by atoms with Gasteiger partial charge in [0.1, 0.15) is 12.6 Å². The predicted octanol–water partition coefficient (Wildman–Crippen LogP) is 3.20. The monoisotopic (exact) mass is 322 g/mol. The van der Waals surface area contributed by atoms with Crippen molar-refractivity contribution in [3.05, 3.63) is 41.7 Å². The summed E-state index contributed by atoms with van der Waals surface area (Å²) in [6, 6.07) is 5.24. The number of hydrogen-bond donors (Lipinski definition) is 2. The van der Waals surface area contributed by atoms with Crippen LogP contribution in [-0.2, 0) is 11.3 Å². The van der Waals surface area contributed by atoms with Gasteiger partial charge in [0.2, 0.25) is 5.91 Å². The van der Waals surface area contributed by atoms with E-state index < -0.39 is 19.0 Å². The van der Waals surface area contributed by atoms with Crippen LogP contribution in [0.4, 0.5) is 20.2 Å². The van der Waals surface area contributed by atoms with Crippen LogP contribution in [0.2, 0.25) is 0 Å². The summed E-state index contributed by atoms with van der Waals surface area (Å²) in [7, 11) is 0. The van der Waals surface area contributed by atoms with E-state index in [0.29, 0.717) is 5.69 Å². The summed E-state index contributed by atoms with van der Waals surface area (Å²) >= 11 is 0. The summed E-state index contributed by atoms with van der Waals surface area (Å²) in [6.45, 7) is 5.14. The Morgan fingerprint density at radius 1 is 1.35 bits per heavy atom. The van der Waals surface area contributed by atoms with Gasteiger partial charge < -0.3 is 10.6 Å². The second kappa shape index (κ2) is 7.21. The zero-order valence-electron chi connectivity index (χ0n) is 13.3. The Balaban J connectivity index is 1.95. The molecule has 0 saturated carbocycles. The molecule has 1 aromatic carbocycles. The lowest BCUT2D eigenvalue weighted by Gasteiger charge is -2.15. The van der Waals surface area contributed by atoms with E-state index in [2.05, 4.69) is 15.7 Å². The lowest BCUT2D eigenvalue weighted by Crippen LogP contribution is -2.32. The fourth-order valence-corrected chi connectivity index (χ4v) is 2.19. The number of benzene rings is 1. The van der Waals surface area contributed by atoms with Crippen molar-refractivity contribution >= 4 is 17.3 Å². The minimum absolute atomic E-state index is 0.210. The Kier molecular flexibility index (Phi) is 5.31. The lowest BCUT2D eigenvalue weighted by atomic mass is 10.1. The highest BCUT2D eigenvalue weighted by Gasteiger charge is 2.15. The molecule has 1 aromatic heterocycles. The summed E-state index contributed by atoms with van der Waals surface area (Å²) in [5.74, 6) is -0.210. The normalized spacial score (nSPS) is 12.3. The third-order valence-electron chi connectivity index (χ3n) is 3.37. The van der Waals surface area contributed by atoms with Gasteiger partial charge in [-0.25, -0.2) is 8.78 Å². The van der Waals surface area contributed by atoms with Crippen LogP contribution in [0, 0.1) is 13.8 Å². The standard InChI is InChI=1S/C16H20F2N4O/c1-10-4-5-14(11(2)6-10)21-16(23)12(3)20-13-7-19-22(8-13)9-15(17)18/h4-8,12,15,20H,9H2,1-3H3,(H,21,23)/t12-/m0/s1. The highest BCUT2D eigenvalue weighted by atomic mass is 19.3. The van der Waals surface area contributed by atoms with Gasteiger partial charge in [-0.1, -0.05) is 17.7 Å². The summed E-state index contributed by atoms with van der Waals surface area (Å²) in [5, 5.41) is 9.61. The Bertz CT molecular complexity index is 684. The minimum atomic E-state index is -2.46. The largest absolute Gasteiger partial charge is 0.371 e. The van der Waals surface area contributed by atoms with Gasteiger partial charge in [-0.2, -0.15) is 5.10 Å². The van der Waals surface area contributed by atoms with E-state index >= 15 is 0 Å². The molecular weight excluding hydrogens is 302 g/mol. The fourth-order valence-electron chi connectivity index (χ4n) is 2.19. The average Bonchev–Trinajstić information content (AvgIpc) is 2.88. The lowest BCUT2D eigenvalue weighted by molar-refractivity contribution is -0.116. The van der Waals surface area contributed by atoms with Crippen molar-refractivity contribution in [3.8, 4) is 0 Å². The Morgan fingerprint density at radius 2 is 2.09 bits per heavy atom. The molecule has 0 saturated heterocycles. The number of rotatable bonds is 6. The van der Waals surface area contributed by atoms with Crippen LogP contribution in [0.25, 0.3) is 0 Å². The van der Waals surface area contributed by atoms with Gasteiger partial charge in [-0.15, -0.1) is 0 Å². The second-order valence-electron chi connectivity index (χ2n) is 5.52. The van der Waals surface area contributed by atoms with E-state index in [1.807, 2.05) is 32.0 Å². The quantitative estimate of drug-likeness (QED) is 0.858. The van der Waals surface area contributed by atoms with Crippen LogP contribution in [-0.4, -0.2) is 28.2 Å². The number of aromatic nitrogens is 2. The van der Waals surface area contributed by atoms with Crippen molar-refractivity contribution in [2.24, 2.45) is 0 Å². The molecule has 0 aliphatic heterocycles. The van der Waals surface area contributed by atoms with E-state index in [1.165, 1.54) is 12.4 Å². The molecule has 2 rings (SSSR count). The molecule has 2 N–H and O–H groups in total. The summed E-state index contributed by atoms with van der Waals surface area (Å²) in [4.78, 5) is 12.2. The van der Waals surface area contributed by atoms with Gasteiger partial charge in [0.05, 0.1) is 11.9 Å². The number of hydrogen-bond acceptors (Lipinski definition) is 3. The molecule has 0 unspecified atom stereocenters. The minimum Gasteiger partial charge on any atom is -0.371 e. The molecule has 23 heavy (non-hydrogen) atoms. The number of aryl methyl sites for hydroxylation is 2. The van der Waals surface area contributed by atoms with Crippen molar-refractivity contribution in [2.45, 2.75) is 39.8 Å². The smallest absolute Gasteiger partial charge is 0.257 e. The van der Waals surface area contributed by atoms with Gasteiger partial charge in [0, 0.05) is 11.9 Å². The van der Waals surface area contributed by atoms with Gasteiger partial charge in [0.15, 0.2) is 0 Å². The number of nitrogens with zero attached hydrogens (tertiary/aromatic N) is 2. The maximum absolute atomic E-state index is 12.3. The second-order valence-corrected chi connectivity index (χ2v) is 5.52. The summed E-state index contributed by atoms with van der Waals surface area (Å²) in [5.41, 5.74) is 3.38. The van der Waals surface area contributed by atoms with Crippen LogP contribution in [0.5, 0.6) is 0 Å². The van der Waals surface area contributed by atoms with Crippen LogP contribution in [0.3, 0.4) is 0 Å². The predicted molar refractivity (Wildman–Crippen MR) is 85.9 cm³/mol. The van der Waals surface area contributed by atoms with Gasteiger partial charge in [-0.05, 0) is 32.4 Å². The van der Waals surface area contributed by atoms with Crippen molar-refractivity contribution in [1.29, 1.82) is 0 Å². The van der Waals surface area contributed by atoms with Crippen molar-refractivity contribution in [3.63, 3.8) is 0 Å². The Morgan fingerprint density at radius 3 is 2.74 bits per heavy atom. The summed E-state index contributed by atoms with van der Waals surface area (Å²) < 4.78 is 25.7. The molecule has 0 radical (unpaired) electrons. The Hall–Kier alpha value is -2.44. The van der Waals surface area contributed by atoms with Gasteiger partial charge in [-0.3, -0.25) is 9.48 Å². The Labute approximate surface area is 133 Å². The maximum Gasteiger partial charge on any atom is 0.257 e. The third kappa shape index (κ3) is 4.77. The molecule has 1 atom stereocenters. The molecule has 1 heterocycles. The zero-order chi connectivity index (χ0) is 17.0. The van der Waals surface area contributed by atoms with E-state index in [1.54, 1.807) is 6.92 Å². The number of carbonyl (C=O) groups excluding carboxylic acids is 1. The van der Waals surface area contributed by atoms with E-state index in [0.717, 1.165) is 21.5 Å². The summed E-state index contributed by atoms with van der Waals surface area (Å²) in [6.07, 6.45) is 0.407. The number of carbonyl (C=O) groups is 1. The fraction of sp³-hybridized carbons (Fsp3) is 0.375. The molecule has 5 nitrogen and oxygen atoms in total. The SMILES string of the molecule is Cc1ccc(NC(=O)[C@H](C)Nc2cnn(CC(F)F)c2)c(C)c1. The van der Waals surface area contributed by atoms with Crippen molar-refractivity contribution < 1.29 is 13.6 Å². The van der Waals surface area contributed by atoms with Crippen LogP contribution in [0.1, 0.15) is 18.1 Å². The van der Waals surface area contributed by atoms with E-state index in [4.69, 9.17) is 0 Å². The molecule has 0 spiro atoms. The van der Waals surface area contributed by atoms with Gasteiger partial charge in [0.25, 0.3) is 6.43 Å². The molecule has 0 aliphatic rings. The molecular formula is C16H20F2N4O. The first-order valence-corrected chi connectivity index (χ1v) is 7.30. The first-order chi connectivity index (χ1) is 10.8. The molecule has 0 fully saturated rings. The number of halogens is 2. The molecule has 0 aliphatic carbocycles. The maximum atomic E-state index is 12.3. The first kappa shape index (κ1) is 16.9. The number of nitrogens with one attached hydrogen (secondary N) is 2. The van der Waals surface area contributed by atoms with Crippen LogP contribution >= 0.6 is 0 Å². The van der Waals surface area contributed by atoms with Crippen molar-refractivity contribution in [1.82, 2.24) is 9.78 Å². The molecule has 7 heteroatoms. The molecule has 2 aromatic rings. The van der Waals surface area contributed by atoms with Gasteiger partial charge >= 0.3 is 0 Å². The van der Waals surface area contributed by atoms with E-state index in [9.17, 15) is 13.6 Å². The highest BCUT2D eigenvalue weighted by Crippen LogP contribution is 2.17.